The van der Waals surface area contributed by atoms with E-state index < -0.39 is 0 Å². The van der Waals surface area contributed by atoms with Crippen LogP contribution in [0.2, 0.25) is 0 Å². The number of carbonyl (C=O) groups is 1. The normalized spacial score (nSPS) is 34.7. The largest absolute Gasteiger partial charge is 0.504 e. The number of aromatic hydroxyl groups is 1. The number of rotatable bonds is 9. The number of esters is 1. The lowest BCUT2D eigenvalue weighted by atomic mass is 9.47. The van der Waals surface area contributed by atoms with Gasteiger partial charge in [-0.3, -0.25) is 0 Å². The van der Waals surface area contributed by atoms with Crippen LogP contribution in [-0.4, -0.2) is 24.3 Å². The van der Waals surface area contributed by atoms with E-state index in [1.807, 2.05) is 0 Å². The molecule has 8 atom stereocenters. The van der Waals surface area contributed by atoms with E-state index in [-0.39, 0.29) is 23.2 Å². The summed E-state index contributed by atoms with van der Waals surface area (Å²) < 4.78 is 11.1. The summed E-state index contributed by atoms with van der Waals surface area (Å²) in [5, 5.41) is 9.81. The zero-order valence-corrected chi connectivity index (χ0v) is 27.0. The Morgan fingerprint density at radius 3 is 2.64 bits per heavy atom. The van der Waals surface area contributed by atoms with Gasteiger partial charge in [-0.1, -0.05) is 64.5 Å². The first-order chi connectivity index (χ1) is 20.0. The number of hydrogen-bond donors (Lipinski definition) is 1. The van der Waals surface area contributed by atoms with Gasteiger partial charge in [0.1, 0.15) is 6.10 Å². The number of ether oxygens (including phenoxy) is 2. The van der Waals surface area contributed by atoms with E-state index in [4.69, 9.17) is 9.47 Å². The molecule has 0 saturated heterocycles. The third kappa shape index (κ3) is 5.84. The van der Waals surface area contributed by atoms with Crippen LogP contribution in [0, 0.1) is 46.3 Å². The van der Waals surface area contributed by atoms with E-state index in [0.29, 0.717) is 17.1 Å². The van der Waals surface area contributed by atoms with E-state index in [2.05, 4.69) is 47.3 Å². The maximum atomic E-state index is 12.7. The number of phenolic OH excluding ortho intramolecular Hbond substituents is 1. The molecular weight excluding hydrogens is 520 g/mol. The molecule has 0 heterocycles. The van der Waals surface area contributed by atoms with Crippen LogP contribution in [0.5, 0.6) is 11.5 Å². The van der Waals surface area contributed by atoms with Crippen LogP contribution in [0.25, 0.3) is 6.08 Å². The highest BCUT2D eigenvalue weighted by Crippen LogP contribution is 2.67. The minimum absolute atomic E-state index is 0.0569. The van der Waals surface area contributed by atoms with Crippen molar-refractivity contribution in [2.75, 3.05) is 7.11 Å². The van der Waals surface area contributed by atoms with Crippen LogP contribution < -0.4 is 4.74 Å². The van der Waals surface area contributed by atoms with Crippen molar-refractivity contribution in [3.8, 4) is 11.5 Å². The fourth-order valence-corrected chi connectivity index (χ4v) is 9.77. The summed E-state index contributed by atoms with van der Waals surface area (Å²) in [4.78, 5) is 12.7. The summed E-state index contributed by atoms with van der Waals surface area (Å²) >= 11 is 0. The SMILES string of the molecule is C=C(CCC(C)C1CCC2C3CC=C4CC(OC(=O)C=Cc5ccc(O)c(OC)c5)CCC4(C)C3CCC12C)C(C)C. The highest BCUT2D eigenvalue weighted by atomic mass is 16.5. The Kier molecular flexibility index (Phi) is 9.03. The number of allylic oxidation sites excluding steroid dienone is 2. The van der Waals surface area contributed by atoms with Crippen LogP contribution in [0.3, 0.4) is 0 Å². The molecule has 0 aliphatic heterocycles. The molecule has 3 fully saturated rings. The van der Waals surface area contributed by atoms with Gasteiger partial charge in [0.25, 0.3) is 0 Å². The molecule has 4 aliphatic carbocycles. The number of carbonyl (C=O) groups excluding carboxylic acids is 1. The van der Waals surface area contributed by atoms with Crippen LogP contribution in [0.15, 0.2) is 48.1 Å². The first kappa shape index (κ1) is 31.0. The fourth-order valence-electron chi connectivity index (χ4n) is 9.77. The predicted octanol–water partition coefficient (Wildman–Crippen LogP) is 9.53. The van der Waals surface area contributed by atoms with Crippen LogP contribution in [0.1, 0.15) is 104 Å². The average Bonchev–Trinajstić information content (AvgIpc) is 3.32. The highest BCUT2D eigenvalue weighted by molar-refractivity contribution is 5.87. The topological polar surface area (TPSA) is 55.8 Å². The molecule has 0 amide bonds. The summed E-state index contributed by atoms with van der Waals surface area (Å²) in [7, 11) is 1.51. The van der Waals surface area contributed by atoms with Crippen molar-refractivity contribution >= 4 is 12.0 Å². The fraction of sp³-hybridized carbons (Fsp3) is 0.658. The molecule has 0 bridgehead atoms. The Labute approximate surface area is 254 Å². The molecule has 4 heteroatoms. The predicted molar refractivity (Wildman–Crippen MR) is 171 cm³/mol. The molecule has 1 N–H and O–H groups in total. The molecule has 8 unspecified atom stereocenters. The van der Waals surface area contributed by atoms with Crippen molar-refractivity contribution in [1.29, 1.82) is 0 Å². The third-order valence-corrected chi connectivity index (χ3v) is 12.5. The zero-order chi connectivity index (χ0) is 30.2. The third-order valence-electron chi connectivity index (χ3n) is 12.5. The highest BCUT2D eigenvalue weighted by Gasteiger charge is 2.59. The smallest absolute Gasteiger partial charge is 0.331 e. The van der Waals surface area contributed by atoms with E-state index in [0.717, 1.165) is 54.4 Å². The molecule has 5 rings (SSSR count). The molecule has 0 radical (unpaired) electrons. The molecule has 4 nitrogen and oxygen atoms in total. The Hall–Kier alpha value is -2.49. The quantitative estimate of drug-likeness (QED) is 0.181. The molecule has 3 saturated carbocycles. The van der Waals surface area contributed by atoms with Gasteiger partial charge in [-0.05, 0) is 128 Å². The van der Waals surface area contributed by atoms with Crippen LogP contribution in [-0.2, 0) is 9.53 Å². The molecule has 230 valence electrons. The summed E-state index contributed by atoms with van der Waals surface area (Å²) in [6.07, 6.45) is 17.8. The van der Waals surface area contributed by atoms with E-state index in [1.165, 1.54) is 63.7 Å². The van der Waals surface area contributed by atoms with Gasteiger partial charge >= 0.3 is 5.97 Å². The number of benzene rings is 1. The zero-order valence-electron chi connectivity index (χ0n) is 27.0. The molecule has 1 aromatic rings. The van der Waals surface area contributed by atoms with Crippen molar-refractivity contribution in [1.82, 2.24) is 0 Å². The second kappa shape index (κ2) is 12.2. The number of fused-ring (bicyclic) bond motifs is 5. The molecular formula is C38H54O4. The van der Waals surface area contributed by atoms with E-state index in [9.17, 15) is 9.90 Å². The maximum absolute atomic E-state index is 12.7. The Morgan fingerprint density at radius 2 is 1.90 bits per heavy atom. The van der Waals surface area contributed by atoms with Gasteiger partial charge in [0.05, 0.1) is 7.11 Å². The molecule has 4 aliphatic rings. The van der Waals surface area contributed by atoms with Crippen molar-refractivity contribution in [3.63, 3.8) is 0 Å². The number of methoxy groups -OCH3 is 1. The number of phenols is 1. The lowest BCUT2D eigenvalue weighted by Gasteiger charge is -2.58. The first-order valence-electron chi connectivity index (χ1n) is 16.6. The summed E-state index contributed by atoms with van der Waals surface area (Å²) in [6, 6.07) is 5.03. The monoisotopic (exact) mass is 574 g/mol. The van der Waals surface area contributed by atoms with Crippen LogP contribution >= 0.6 is 0 Å². The van der Waals surface area contributed by atoms with Gasteiger partial charge in [0.15, 0.2) is 11.5 Å². The van der Waals surface area contributed by atoms with Crippen molar-refractivity contribution < 1.29 is 19.4 Å². The summed E-state index contributed by atoms with van der Waals surface area (Å²) in [6.45, 7) is 16.6. The molecule has 0 spiro atoms. The minimum atomic E-state index is -0.304. The second-order valence-corrected chi connectivity index (χ2v) is 14.9. The Balaban J connectivity index is 1.21. The van der Waals surface area contributed by atoms with Gasteiger partial charge < -0.3 is 14.6 Å². The van der Waals surface area contributed by atoms with Crippen molar-refractivity contribution in [2.45, 2.75) is 105 Å². The van der Waals surface area contributed by atoms with Crippen molar-refractivity contribution in [2.24, 2.45) is 46.3 Å². The average molecular weight is 575 g/mol. The van der Waals surface area contributed by atoms with Crippen LogP contribution in [0.4, 0.5) is 0 Å². The Bertz CT molecular complexity index is 1230. The second-order valence-electron chi connectivity index (χ2n) is 14.9. The van der Waals surface area contributed by atoms with Crippen molar-refractivity contribution in [3.05, 3.63) is 53.6 Å². The minimum Gasteiger partial charge on any atom is -0.504 e. The molecule has 42 heavy (non-hydrogen) atoms. The Morgan fingerprint density at radius 1 is 1.12 bits per heavy atom. The lowest BCUT2D eigenvalue weighted by molar-refractivity contribution is -0.145. The van der Waals surface area contributed by atoms with E-state index >= 15 is 0 Å². The van der Waals surface area contributed by atoms with Gasteiger partial charge in [0, 0.05) is 12.5 Å². The van der Waals surface area contributed by atoms with Gasteiger partial charge in [0.2, 0.25) is 0 Å². The van der Waals surface area contributed by atoms with Gasteiger partial charge in [-0.15, -0.1) is 0 Å². The summed E-state index contributed by atoms with van der Waals surface area (Å²) in [5.74, 6) is 4.76. The van der Waals surface area contributed by atoms with E-state index in [1.54, 1.807) is 29.8 Å². The first-order valence-corrected chi connectivity index (χ1v) is 16.6. The maximum Gasteiger partial charge on any atom is 0.331 e. The summed E-state index contributed by atoms with van der Waals surface area (Å²) in [5.41, 5.74) is 4.46. The number of hydrogen-bond acceptors (Lipinski definition) is 4. The lowest BCUT2D eigenvalue weighted by Crippen LogP contribution is -2.51. The standard InChI is InChI=1S/C38H54O4/c1-24(2)25(3)8-9-26(4)31-14-15-32-30-13-12-28-23-29(18-20-37(28,5)33(30)19-21-38(31,32)6)42-36(40)17-11-27-10-16-34(39)35(22-27)41-7/h10-12,16-17,22,24,26,29-33,39H,3,8-9,13-15,18-21,23H2,1-2,4-7H3. The molecule has 1 aromatic carbocycles. The van der Waals surface area contributed by atoms with Gasteiger partial charge in [-0.25, -0.2) is 4.79 Å². The van der Waals surface area contributed by atoms with Gasteiger partial charge in [-0.2, -0.15) is 0 Å². The molecule has 0 aromatic heterocycles.